The standard InChI is InChI=1S/C14H19N3O2/c1-17(8-10-3-2-6-19-10)9-4-5-11-12(7-9)16-14(18)13(11)15/h4-5,7,10,13H,2-3,6,8,15H2,1H3,(H,16,18). The first kappa shape index (κ1) is 12.4. The summed E-state index contributed by atoms with van der Waals surface area (Å²) >= 11 is 0. The Morgan fingerprint density at radius 1 is 1.53 bits per heavy atom. The molecule has 1 saturated heterocycles. The fourth-order valence-corrected chi connectivity index (χ4v) is 2.71. The molecular weight excluding hydrogens is 242 g/mol. The molecule has 0 radical (unpaired) electrons. The molecule has 2 aliphatic heterocycles. The van der Waals surface area contributed by atoms with Gasteiger partial charge >= 0.3 is 0 Å². The molecule has 0 saturated carbocycles. The highest BCUT2D eigenvalue weighted by Crippen LogP contribution is 2.32. The second kappa shape index (κ2) is 4.83. The molecule has 19 heavy (non-hydrogen) atoms. The monoisotopic (exact) mass is 261 g/mol. The maximum atomic E-state index is 11.5. The second-order valence-corrected chi connectivity index (χ2v) is 5.25. The number of likely N-dealkylation sites (N-methyl/N-ethyl adjacent to an activating group) is 1. The number of ether oxygens (including phenoxy) is 1. The van der Waals surface area contributed by atoms with Gasteiger partial charge in [0.2, 0.25) is 5.91 Å². The van der Waals surface area contributed by atoms with E-state index in [0.29, 0.717) is 6.10 Å². The van der Waals surface area contributed by atoms with Crippen LogP contribution in [-0.2, 0) is 9.53 Å². The van der Waals surface area contributed by atoms with Crippen LogP contribution in [0.1, 0.15) is 24.4 Å². The number of nitrogens with zero attached hydrogens (tertiary/aromatic N) is 1. The molecule has 3 rings (SSSR count). The predicted molar refractivity (Wildman–Crippen MR) is 74.2 cm³/mol. The molecule has 1 aromatic carbocycles. The summed E-state index contributed by atoms with van der Waals surface area (Å²) in [7, 11) is 2.04. The molecule has 1 aromatic rings. The molecular formula is C14H19N3O2. The molecule has 5 nitrogen and oxygen atoms in total. The summed E-state index contributed by atoms with van der Waals surface area (Å²) in [5, 5.41) is 2.81. The minimum absolute atomic E-state index is 0.131. The van der Waals surface area contributed by atoms with Gasteiger partial charge in [-0.05, 0) is 25.0 Å². The summed E-state index contributed by atoms with van der Waals surface area (Å²) < 4.78 is 5.64. The van der Waals surface area contributed by atoms with E-state index in [-0.39, 0.29) is 5.91 Å². The van der Waals surface area contributed by atoms with Crippen LogP contribution < -0.4 is 16.0 Å². The number of anilines is 2. The number of hydrogen-bond acceptors (Lipinski definition) is 4. The van der Waals surface area contributed by atoms with Gasteiger partial charge in [-0.1, -0.05) is 6.07 Å². The van der Waals surface area contributed by atoms with E-state index in [1.165, 1.54) is 0 Å². The lowest BCUT2D eigenvalue weighted by Crippen LogP contribution is -2.28. The van der Waals surface area contributed by atoms with Crippen molar-refractivity contribution in [2.45, 2.75) is 25.0 Å². The Morgan fingerprint density at radius 3 is 3.11 bits per heavy atom. The first-order valence-electron chi connectivity index (χ1n) is 6.68. The molecule has 0 aliphatic carbocycles. The van der Waals surface area contributed by atoms with Gasteiger partial charge in [0, 0.05) is 37.1 Å². The third-order valence-corrected chi connectivity index (χ3v) is 3.85. The van der Waals surface area contributed by atoms with Crippen molar-refractivity contribution in [3.63, 3.8) is 0 Å². The van der Waals surface area contributed by atoms with Gasteiger partial charge in [-0.15, -0.1) is 0 Å². The van der Waals surface area contributed by atoms with E-state index >= 15 is 0 Å². The molecule has 3 N–H and O–H groups in total. The second-order valence-electron chi connectivity index (χ2n) is 5.25. The topological polar surface area (TPSA) is 67.6 Å². The number of benzene rings is 1. The lowest BCUT2D eigenvalue weighted by molar-refractivity contribution is -0.116. The van der Waals surface area contributed by atoms with Gasteiger partial charge in [-0.2, -0.15) is 0 Å². The smallest absolute Gasteiger partial charge is 0.245 e. The lowest BCUT2D eigenvalue weighted by Gasteiger charge is -2.23. The molecule has 2 atom stereocenters. The fourth-order valence-electron chi connectivity index (χ4n) is 2.71. The zero-order valence-corrected chi connectivity index (χ0v) is 11.1. The zero-order chi connectivity index (χ0) is 13.4. The number of hydrogen-bond donors (Lipinski definition) is 2. The Hall–Kier alpha value is -1.59. The molecule has 2 aliphatic rings. The highest BCUT2D eigenvalue weighted by atomic mass is 16.5. The molecule has 102 valence electrons. The first-order valence-corrected chi connectivity index (χ1v) is 6.68. The van der Waals surface area contributed by atoms with Gasteiger partial charge in [0.25, 0.3) is 0 Å². The van der Waals surface area contributed by atoms with E-state index in [9.17, 15) is 4.79 Å². The van der Waals surface area contributed by atoms with Crippen LogP contribution in [0, 0.1) is 0 Å². The fraction of sp³-hybridized carbons (Fsp3) is 0.500. The zero-order valence-electron chi connectivity index (χ0n) is 11.1. The van der Waals surface area contributed by atoms with E-state index in [1.54, 1.807) is 0 Å². The van der Waals surface area contributed by atoms with E-state index < -0.39 is 6.04 Å². The third kappa shape index (κ3) is 2.31. The molecule has 5 heteroatoms. The minimum atomic E-state index is -0.535. The third-order valence-electron chi connectivity index (χ3n) is 3.85. The molecule has 1 fully saturated rings. The minimum Gasteiger partial charge on any atom is -0.376 e. The van der Waals surface area contributed by atoms with E-state index in [0.717, 1.165) is 42.9 Å². The van der Waals surface area contributed by atoms with Gasteiger partial charge < -0.3 is 20.7 Å². The van der Waals surface area contributed by atoms with Crippen molar-refractivity contribution in [2.75, 3.05) is 30.4 Å². The normalized spacial score (nSPS) is 25.3. The maximum absolute atomic E-state index is 11.5. The summed E-state index contributed by atoms with van der Waals surface area (Å²) in [4.78, 5) is 13.7. The Labute approximate surface area is 112 Å². The van der Waals surface area contributed by atoms with Crippen LogP contribution >= 0.6 is 0 Å². The molecule has 2 unspecified atom stereocenters. The predicted octanol–water partition coefficient (Wildman–Crippen LogP) is 1.25. The van der Waals surface area contributed by atoms with Crippen LogP contribution in [-0.4, -0.2) is 32.2 Å². The Kier molecular flexibility index (Phi) is 3.16. The van der Waals surface area contributed by atoms with Gasteiger partial charge in [0.15, 0.2) is 0 Å². The molecule has 0 aromatic heterocycles. The quantitative estimate of drug-likeness (QED) is 0.859. The van der Waals surface area contributed by atoms with Crippen LogP contribution in [0.5, 0.6) is 0 Å². The summed E-state index contributed by atoms with van der Waals surface area (Å²) in [5.74, 6) is -0.131. The SMILES string of the molecule is CN(CC1CCCO1)c1ccc2c(c1)NC(=O)C2N. The van der Waals surface area contributed by atoms with Crippen molar-refractivity contribution in [1.82, 2.24) is 0 Å². The lowest BCUT2D eigenvalue weighted by atomic mass is 10.1. The van der Waals surface area contributed by atoms with Crippen molar-refractivity contribution in [3.8, 4) is 0 Å². The number of carbonyl (C=O) groups excluding carboxylic acids is 1. The van der Waals surface area contributed by atoms with Crippen molar-refractivity contribution < 1.29 is 9.53 Å². The number of amides is 1. The van der Waals surface area contributed by atoms with E-state index in [2.05, 4.69) is 10.2 Å². The maximum Gasteiger partial charge on any atom is 0.245 e. The van der Waals surface area contributed by atoms with Crippen LogP contribution in [0.25, 0.3) is 0 Å². The number of fused-ring (bicyclic) bond motifs is 1. The van der Waals surface area contributed by atoms with Crippen molar-refractivity contribution >= 4 is 17.3 Å². The van der Waals surface area contributed by atoms with E-state index in [4.69, 9.17) is 10.5 Å². The van der Waals surface area contributed by atoms with Crippen LogP contribution in [0.4, 0.5) is 11.4 Å². The van der Waals surface area contributed by atoms with Crippen LogP contribution in [0.2, 0.25) is 0 Å². The van der Waals surface area contributed by atoms with Gasteiger partial charge in [0.1, 0.15) is 6.04 Å². The largest absolute Gasteiger partial charge is 0.376 e. The number of rotatable bonds is 3. The first-order chi connectivity index (χ1) is 9.15. The average molecular weight is 261 g/mol. The van der Waals surface area contributed by atoms with Crippen molar-refractivity contribution in [3.05, 3.63) is 23.8 Å². The van der Waals surface area contributed by atoms with Crippen LogP contribution in [0.15, 0.2) is 18.2 Å². The average Bonchev–Trinajstić information content (AvgIpc) is 2.99. The number of nitrogens with two attached hydrogens (primary N) is 1. The number of carbonyl (C=O) groups is 1. The highest BCUT2D eigenvalue weighted by molar-refractivity contribution is 6.02. The van der Waals surface area contributed by atoms with Crippen molar-refractivity contribution in [1.29, 1.82) is 0 Å². The Morgan fingerprint density at radius 2 is 2.37 bits per heavy atom. The Balaban J connectivity index is 1.75. The summed E-state index contributed by atoms with van der Waals surface area (Å²) in [5.41, 5.74) is 8.58. The van der Waals surface area contributed by atoms with E-state index in [1.807, 2.05) is 25.2 Å². The molecule has 1 amide bonds. The van der Waals surface area contributed by atoms with Gasteiger partial charge in [-0.25, -0.2) is 0 Å². The highest BCUT2D eigenvalue weighted by Gasteiger charge is 2.27. The van der Waals surface area contributed by atoms with Gasteiger partial charge in [-0.3, -0.25) is 4.79 Å². The number of nitrogens with one attached hydrogen (secondary N) is 1. The molecule has 0 spiro atoms. The van der Waals surface area contributed by atoms with Gasteiger partial charge in [0.05, 0.1) is 6.10 Å². The molecule has 2 heterocycles. The Bertz CT molecular complexity index is 497. The molecule has 0 bridgehead atoms. The summed E-state index contributed by atoms with van der Waals surface area (Å²) in [6.07, 6.45) is 2.58. The summed E-state index contributed by atoms with van der Waals surface area (Å²) in [6.45, 7) is 1.74. The summed E-state index contributed by atoms with van der Waals surface area (Å²) in [6, 6.07) is 5.38. The van der Waals surface area contributed by atoms with Crippen LogP contribution in [0.3, 0.4) is 0 Å². The van der Waals surface area contributed by atoms with Crippen molar-refractivity contribution in [2.24, 2.45) is 5.73 Å².